The number of halogens is 3. The van der Waals surface area contributed by atoms with E-state index in [0.717, 1.165) is 6.07 Å². The fourth-order valence-electron chi connectivity index (χ4n) is 11.2. The maximum absolute atomic E-state index is 14.3. The molecule has 1 fully saturated rings. The van der Waals surface area contributed by atoms with Crippen molar-refractivity contribution in [2.24, 2.45) is 17.6 Å². The Labute approximate surface area is 418 Å². The van der Waals surface area contributed by atoms with Crippen LogP contribution < -0.4 is 32.3 Å². The summed E-state index contributed by atoms with van der Waals surface area (Å²) in [6.07, 6.45) is -4.57. The Morgan fingerprint density at radius 2 is 1.32 bits per heavy atom. The molecule has 0 heterocycles. The van der Waals surface area contributed by atoms with Crippen LogP contribution in [0.3, 0.4) is 0 Å². The first-order chi connectivity index (χ1) is 34.5. The molecule has 0 bridgehead atoms. The van der Waals surface area contributed by atoms with Crippen LogP contribution in [0.25, 0.3) is 5.76 Å². The number of aliphatic hydroxyl groups excluding tert-OH is 3. The van der Waals surface area contributed by atoms with E-state index in [4.69, 9.17) is 10.3 Å². The molecule has 0 spiro atoms. The zero-order valence-electron chi connectivity index (χ0n) is 40.3. The molecule has 3 amide bonds. The number of nitrogens with one attached hydrogen (secondary N) is 2. The van der Waals surface area contributed by atoms with Gasteiger partial charge in [0.25, 0.3) is 5.91 Å². The molecular weight excluding hydrogens is 973 g/mol. The summed E-state index contributed by atoms with van der Waals surface area (Å²) >= 11 is 0. The van der Waals surface area contributed by atoms with Gasteiger partial charge >= 0.3 is 228 Å². The van der Waals surface area contributed by atoms with E-state index in [0.29, 0.717) is 48.0 Å². The molecule has 3 aliphatic carbocycles. The zero-order valence-corrected chi connectivity index (χ0v) is 41.2. The molecule has 388 valence electrons. The van der Waals surface area contributed by atoms with Crippen LogP contribution in [-0.4, -0.2) is 116 Å². The SMILES string of the molecule is C[C@H]1c2c(NC(=O)CCNC(=O)CCCCCCCP(OC(=O)C(F)(F)F)(c3ccccc3)(c3ccccc3)c3ccccc3)ccc(O)c2C(O)=C2C(=O)[C@]3(O)C(O)=C(C(N)=O)C(=O)[C@@H](N(C)C)[C@@H]3[C@@H](O)[C@@H]21. The molecule has 6 atom stereocenters. The van der Waals surface area contributed by atoms with Crippen molar-refractivity contribution in [2.45, 2.75) is 81.7 Å². The fourth-order valence-corrected chi connectivity index (χ4v) is 16.9. The molecule has 0 radical (unpaired) electrons. The molecule has 73 heavy (non-hydrogen) atoms. The molecule has 0 unspecified atom stereocenters. The number of carbonyl (C=O) groups is 6. The van der Waals surface area contributed by atoms with Gasteiger partial charge in [-0.25, -0.2) is 0 Å². The van der Waals surface area contributed by atoms with Gasteiger partial charge in [0.1, 0.15) is 22.8 Å². The molecule has 1 saturated carbocycles. The molecular formula is C53H58F3N4O12P. The molecule has 4 aromatic rings. The first kappa shape index (κ1) is 53.9. The summed E-state index contributed by atoms with van der Waals surface area (Å²) < 4.78 is 48.6. The number of carbonyl (C=O) groups excluding carboxylic acids is 6. The van der Waals surface area contributed by atoms with Crippen molar-refractivity contribution in [3.63, 3.8) is 0 Å². The third-order valence-electron chi connectivity index (χ3n) is 14.5. The number of hydrogen-bond donors (Lipinski definition) is 8. The number of alkyl halides is 3. The minimum Gasteiger partial charge on any atom is -0.508 e. The van der Waals surface area contributed by atoms with Crippen LogP contribution in [0.1, 0.15) is 68.9 Å². The van der Waals surface area contributed by atoms with Crippen LogP contribution >= 0.6 is 6.83 Å². The summed E-state index contributed by atoms with van der Waals surface area (Å²) in [5.74, 6) is -13.9. The largest absolute Gasteiger partial charge is 0.508 e. The number of Topliss-reactive ketones (excluding diaryl/α,β-unsaturated/α-hetero) is 2. The van der Waals surface area contributed by atoms with Gasteiger partial charge in [0, 0.05) is 17.2 Å². The van der Waals surface area contributed by atoms with E-state index in [1.165, 1.54) is 32.0 Å². The van der Waals surface area contributed by atoms with Crippen molar-refractivity contribution in [1.29, 1.82) is 0 Å². The molecule has 3 aliphatic rings. The predicted octanol–water partition coefficient (Wildman–Crippen LogP) is 4.83. The van der Waals surface area contributed by atoms with Crippen molar-refractivity contribution < 1.29 is 72.0 Å². The normalized spacial score (nSPS) is 22.4. The number of primary amides is 1. The second-order valence-electron chi connectivity index (χ2n) is 19.0. The van der Waals surface area contributed by atoms with Crippen molar-refractivity contribution >= 4 is 69.4 Å². The molecule has 7 rings (SSSR count). The van der Waals surface area contributed by atoms with Gasteiger partial charge in [-0.1, -0.05) is 6.92 Å². The summed E-state index contributed by atoms with van der Waals surface area (Å²) in [5.41, 5.74) is 0.536. The number of ketones is 2. The minimum atomic E-state index is -5.27. The minimum absolute atomic E-state index is 0.0748. The van der Waals surface area contributed by atoms with E-state index in [2.05, 4.69) is 10.6 Å². The Bertz CT molecular complexity index is 2780. The average molecular weight is 1030 g/mol. The fraction of sp³-hybridized carbons (Fsp3) is 0.358. The second kappa shape index (κ2) is 20.9. The van der Waals surface area contributed by atoms with Crippen molar-refractivity contribution in [2.75, 3.05) is 32.1 Å². The molecule has 0 saturated heterocycles. The van der Waals surface area contributed by atoms with Crippen molar-refractivity contribution in [1.82, 2.24) is 10.2 Å². The molecule has 4 aromatic carbocycles. The number of benzene rings is 4. The first-order valence-electron chi connectivity index (χ1n) is 23.8. The van der Waals surface area contributed by atoms with E-state index < -0.39 is 106 Å². The topological polar surface area (TPSA) is 266 Å². The number of nitrogens with zero attached hydrogens (tertiary/aromatic N) is 1. The molecule has 9 N–H and O–H groups in total. The second-order valence-corrected chi connectivity index (χ2v) is 23.6. The van der Waals surface area contributed by atoms with Gasteiger partial charge in [0.05, 0.1) is 23.6 Å². The first-order valence-corrected chi connectivity index (χ1v) is 26.1. The van der Waals surface area contributed by atoms with Crippen LogP contribution in [0.4, 0.5) is 18.9 Å². The predicted molar refractivity (Wildman–Crippen MR) is 266 cm³/mol. The quantitative estimate of drug-likeness (QED) is 0.0288. The summed E-state index contributed by atoms with van der Waals surface area (Å²) in [7, 11) is 2.79. The Balaban J connectivity index is 0.985. The molecule has 0 aromatic heterocycles. The van der Waals surface area contributed by atoms with Gasteiger partial charge in [-0.3, -0.25) is 24.1 Å². The maximum Gasteiger partial charge on any atom is 0.255 e. The van der Waals surface area contributed by atoms with Crippen molar-refractivity contribution in [3.8, 4) is 5.75 Å². The van der Waals surface area contributed by atoms with E-state index >= 15 is 0 Å². The van der Waals surface area contributed by atoms with Crippen LogP contribution in [0, 0.1) is 11.8 Å². The van der Waals surface area contributed by atoms with E-state index in [-0.39, 0.29) is 48.3 Å². The van der Waals surface area contributed by atoms with E-state index in [1.807, 2.05) is 0 Å². The van der Waals surface area contributed by atoms with Crippen molar-refractivity contribution in [3.05, 3.63) is 131 Å². The number of aromatic hydroxyl groups is 1. The van der Waals surface area contributed by atoms with Gasteiger partial charge in [0.2, 0.25) is 5.78 Å². The number of likely N-dealkylation sites (N-methyl/N-ethyl adjacent to an activating group) is 1. The number of amides is 3. The Morgan fingerprint density at radius 3 is 1.84 bits per heavy atom. The number of fused-ring (bicyclic) bond motifs is 3. The Kier molecular flexibility index (Phi) is 15.4. The number of phenols is 1. The van der Waals surface area contributed by atoms with E-state index in [9.17, 15) is 67.5 Å². The maximum atomic E-state index is 14.3. The number of rotatable bonds is 18. The number of aliphatic hydroxyl groups is 4. The monoisotopic (exact) mass is 1030 g/mol. The van der Waals surface area contributed by atoms with Crippen LogP contribution in [0.15, 0.2) is 120 Å². The number of nitrogens with two attached hydrogens (primary N) is 1. The van der Waals surface area contributed by atoms with Gasteiger partial charge in [-0.2, -0.15) is 0 Å². The molecule has 16 nitrogen and oxygen atoms in total. The molecule has 0 aliphatic heterocycles. The van der Waals surface area contributed by atoms with E-state index in [1.54, 1.807) is 91.0 Å². The Hall–Kier alpha value is -6.92. The summed E-state index contributed by atoms with van der Waals surface area (Å²) in [4.78, 5) is 80.7. The van der Waals surface area contributed by atoms with Gasteiger partial charge in [-0.05, 0) is 37.7 Å². The third kappa shape index (κ3) is 9.39. The summed E-state index contributed by atoms with van der Waals surface area (Å²) in [5, 5.41) is 64.5. The smallest absolute Gasteiger partial charge is 0.255 e. The molecule has 20 heteroatoms. The number of unbranched alkanes of at least 4 members (excludes halogenated alkanes) is 4. The zero-order chi connectivity index (χ0) is 53.2. The van der Waals surface area contributed by atoms with Gasteiger partial charge in [-0.15, -0.1) is 0 Å². The van der Waals surface area contributed by atoms with Crippen LogP contribution in [0.2, 0.25) is 0 Å². The van der Waals surface area contributed by atoms with Crippen LogP contribution in [0.5, 0.6) is 5.75 Å². The van der Waals surface area contributed by atoms with Gasteiger partial charge < -0.3 is 36.6 Å². The summed E-state index contributed by atoms with van der Waals surface area (Å²) in [6, 6.07) is 26.6. The standard InChI is InChI=1S/C53H58F3N4O12P/c1-30-38-34(25-26-35(61)40(38)45(64)41-39(30)46(65)43-44(60(2)3)47(66)42(50(57)69)49(68)52(43,71)48(41)67)59-37(63)27-28-58-36(62)24-16-5-4-6-17-29-73(31-18-10-7-11-19-31,32-20-12-8-13-21-32,33-22-14-9-15-23-33)72-51(70)53(54,55)56/h7-15,18-23,25-26,30,39,43-44,46,61,64-65,68,71H,4-6,16-17,24,27-29H2,1-3H3,(H2,57,69)(H,58,62)(H,59,63)/t30-,39+,43+,44-,46-,52-/m0/s1. The number of anilines is 1. The van der Waals surface area contributed by atoms with Gasteiger partial charge in [0.15, 0.2) is 11.4 Å². The third-order valence-corrected chi connectivity index (χ3v) is 20.4. The Morgan fingerprint density at radius 1 is 0.781 bits per heavy atom. The number of hydrogen-bond acceptors (Lipinski definition) is 13. The average Bonchev–Trinajstić information content (AvgIpc) is 3.35. The number of phenolic OH excluding ortho intramolecular Hbond substituents is 1. The summed E-state index contributed by atoms with van der Waals surface area (Å²) in [6.45, 7) is -3.17. The van der Waals surface area contributed by atoms with Crippen LogP contribution in [-0.2, 0) is 33.3 Å².